The SMILES string of the molecule is Br.CC(Br)c1cc(C(=O)NCCN(C)C)cc2c(=O)cc(N3CCOCC3)oc12.CC(c1ccc(F)c(F)c1)C(C)c1cc(C(=O)NCCN(C)C)cc2c(=O)cc(N3CCOCC3)oc12.CNc1ccc(F)c(F)c1. The molecule has 76 heavy (non-hydrogen) atoms. The van der Waals surface area contributed by atoms with E-state index in [0.29, 0.717) is 134 Å². The first-order valence-electron chi connectivity index (χ1n) is 24.7. The number of carbonyl (C=O) groups excluding carboxylic acids is 2. The molecule has 3 atom stereocenters. The summed E-state index contributed by atoms with van der Waals surface area (Å²) in [5.74, 6) is -3.54. The fourth-order valence-corrected chi connectivity index (χ4v) is 8.65. The Kier molecular flexibility index (Phi) is 22.9. The van der Waals surface area contributed by atoms with Crippen molar-refractivity contribution >= 4 is 84.1 Å². The number of nitrogens with one attached hydrogen (secondary N) is 3. The molecular formula is C55H67Br2F4N7O8. The van der Waals surface area contributed by atoms with Crippen molar-refractivity contribution in [3.63, 3.8) is 0 Å². The van der Waals surface area contributed by atoms with E-state index in [2.05, 4.69) is 31.9 Å². The quantitative estimate of drug-likeness (QED) is 0.0661. The van der Waals surface area contributed by atoms with Gasteiger partial charge in [0.1, 0.15) is 11.2 Å². The standard InChI is InChI=1S/C28H33F2N3O4.C20H26BrN3O4.C7H7F2N.BrH/c1-17(19-5-6-23(29)24(30)15-19)18(2)21-13-20(28(35)31-7-8-32(3)4)14-22-25(34)16-26(37-27(21)22)33-9-11-36-12-10-33;1-13(21)15-10-14(20(26)22-4-5-23(2)3)11-16-17(25)12-18(28-19(15)16)24-6-8-27-9-7-24;1-10-5-2-3-6(8)7(9)4-5;/h5-6,13-18H,7-12H2,1-4H3,(H,31,35);10-13H,4-9H2,1-3H3,(H,22,26);2-4,10H,1H3;1H. The third-order valence-electron chi connectivity index (χ3n) is 12.9. The molecule has 2 saturated heterocycles. The van der Waals surface area contributed by atoms with Gasteiger partial charge in [0.25, 0.3) is 11.8 Å². The number of hydrogen-bond acceptors (Lipinski definition) is 13. The van der Waals surface area contributed by atoms with Crippen molar-refractivity contribution in [2.45, 2.75) is 37.4 Å². The molecule has 21 heteroatoms. The van der Waals surface area contributed by atoms with E-state index in [4.69, 9.17) is 18.3 Å². The first-order valence-corrected chi connectivity index (χ1v) is 25.6. The number of fused-ring (bicyclic) bond motifs is 2. The molecular weight excluding hydrogens is 1120 g/mol. The Bertz CT molecular complexity index is 3060. The van der Waals surface area contributed by atoms with Crippen LogP contribution in [0.2, 0.25) is 0 Å². The molecule has 0 spiro atoms. The summed E-state index contributed by atoms with van der Waals surface area (Å²) in [6, 6.07) is 17.2. The van der Waals surface area contributed by atoms with Crippen LogP contribution in [0, 0.1) is 23.3 Å². The Hall–Kier alpha value is -5.84. The predicted molar refractivity (Wildman–Crippen MR) is 300 cm³/mol. The number of alkyl halides is 1. The summed E-state index contributed by atoms with van der Waals surface area (Å²) in [6.07, 6.45) is 0. The van der Waals surface area contributed by atoms with Gasteiger partial charge in [-0.1, -0.05) is 35.8 Å². The molecule has 0 aliphatic carbocycles. The summed E-state index contributed by atoms with van der Waals surface area (Å²) < 4.78 is 75.4. The summed E-state index contributed by atoms with van der Waals surface area (Å²) in [5, 5.41) is 9.19. The Morgan fingerprint density at radius 3 is 1.46 bits per heavy atom. The summed E-state index contributed by atoms with van der Waals surface area (Å²) in [6.45, 7) is 13.0. The number of anilines is 3. The molecule has 2 amide bonds. The van der Waals surface area contributed by atoms with Crippen molar-refractivity contribution in [2.75, 3.05) is 129 Å². The molecule has 4 heterocycles. The number of carbonyl (C=O) groups is 2. The minimum absolute atomic E-state index is 0. The minimum Gasteiger partial charge on any atom is -0.440 e. The molecule has 4 aromatic carbocycles. The molecule has 2 fully saturated rings. The Labute approximate surface area is 458 Å². The van der Waals surface area contributed by atoms with E-state index in [1.54, 1.807) is 37.4 Å². The molecule has 2 aromatic heterocycles. The second kappa shape index (κ2) is 28.5. The normalized spacial score (nSPS) is 14.7. The lowest BCUT2D eigenvalue weighted by molar-refractivity contribution is 0.0943. The van der Waals surface area contributed by atoms with E-state index >= 15 is 0 Å². The highest BCUT2D eigenvalue weighted by molar-refractivity contribution is 9.09. The number of rotatable bonds is 15. The zero-order valence-corrected chi connectivity index (χ0v) is 47.3. The van der Waals surface area contributed by atoms with Gasteiger partial charge in [-0.3, -0.25) is 19.2 Å². The van der Waals surface area contributed by atoms with Crippen LogP contribution >= 0.6 is 32.9 Å². The van der Waals surface area contributed by atoms with Crippen molar-refractivity contribution < 1.29 is 45.5 Å². The van der Waals surface area contributed by atoms with Crippen LogP contribution in [0.5, 0.6) is 0 Å². The highest BCUT2D eigenvalue weighted by Crippen LogP contribution is 2.38. The largest absolute Gasteiger partial charge is 0.440 e. The van der Waals surface area contributed by atoms with Crippen LogP contribution < -0.4 is 36.6 Å². The molecule has 15 nitrogen and oxygen atoms in total. The fraction of sp³-hybridized carbons (Fsp3) is 0.418. The van der Waals surface area contributed by atoms with Gasteiger partial charge < -0.3 is 53.9 Å². The van der Waals surface area contributed by atoms with Gasteiger partial charge in [0.15, 0.2) is 45.9 Å². The molecule has 0 radical (unpaired) electrons. The maximum absolute atomic E-state index is 14.0. The zero-order chi connectivity index (χ0) is 54.5. The lowest BCUT2D eigenvalue weighted by Gasteiger charge is -2.28. The van der Waals surface area contributed by atoms with Crippen LogP contribution in [0.25, 0.3) is 21.9 Å². The number of hydrogen-bond donors (Lipinski definition) is 3. The van der Waals surface area contributed by atoms with Crippen LogP contribution in [0.1, 0.15) is 74.8 Å². The smallest absolute Gasteiger partial charge is 0.251 e. The van der Waals surface area contributed by atoms with E-state index in [9.17, 15) is 36.7 Å². The van der Waals surface area contributed by atoms with Gasteiger partial charge in [0.05, 0.1) is 37.2 Å². The van der Waals surface area contributed by atoms with Crippen LogP contribution in [-0.4, -0.2) is 136 Å². The number of benzene rings is 4. The maximum atomic E-state index is 14.0. The highest BCUT2D eigenvalue weighted by atomic mass is 79.9. The van der Waals surface area contributed by atoms with Gasteiger partial charge in [0.2, 0.25) is 0 Å². The zero-order valence-electron chi connectivity index (χ0n) is 44.0. The molecule has 8 rings (SSSR count). The Balaban J connectivity index is 0.000000240. The first-order chi connectivity index (χ1) is 35.8. The van der Waals surface area contributed by atoms with Gasteiger partial charge in [-0.05, 0) is 113 Å². The van der Waals surface area contributed by atoms with Gasteiger partial charge >= 0.3 is 0 Å². The summed E-state index contributed by atoms with van der Waals surface area (Å²) in [5.41, 5.74) is 3.91. The maximum Gasteiger partial charge on any atom is 0.251 e. The van der Waals surface area contributed by atoms with Crippen molar-refractivity contribution in [2.24, 2.45) is 0 Å². The number of halogens is 6. The van der Waals surface area contributed by atoms with Crippen molar-refractivity contribution in [1.82, 2.24) is 20.4 Å². The van der Waals surface area contributed by atoms with E-state index < -0.39 is 23.3 Å². The molecule has 3 unspecified atom stereocenters. The molecule has 412 valence electrons. The molecule has 6 aromatic rings. The van der Waals surface area contributed by atoms with Crippen LogP contribution in [0.4, 0.5) is 35.0 Å². The lowest BCUT2D eigenvalue weighted by Crippen LogP contribution is -2.36. The van der Waals surface area contributed by atoms with Gasteiger partial charge in [0, 0.05) is 98.7 Å². The minimum atomic E-state index is -0.920. The van der Waals surface area contributed by atoms with Gasteiger partial charge in [-0.15, -0.1) is 17.0 Å². The summed E-state index contributed by atoms with van der Waals surface area (Å²) >= 11 is 3.57. The average Bonchev–Trinajstić information content (AvgIpc) is 3.40. The topological polar surface area (TPSA) is 162 Å². The monoisotopic (exact) mass is 1190 g/mol. The van der Waals surface area contributed by atoms with Crippen molar-refractivity contribution in [3.8, 4) is 0 Å². The van der Waals surface area contributed by atoms with Crippen LogP contribution in [-0.2, 0) is 9.47 Å². The number of likely N-dealkylation sites (N-methyl/N-ethyl adjacent to an activating group) is 2. The first kappa shape index (κ1) is 61.0. The molecule has 0 saturated carbocycles. The van der Waals surface area contributed by atoms with Gasteiger partial charge in [-0.25, -0.2) is 17.6 Å². The van der Waals surface area contributed by atoms with Crippen LogP contribution in [0.15, 0.2) is 91.2 Å². The second-order valence-electron chi connectivity index (χ2n) is 18.8. The van der Waals surface area contributed by atoms with E-state index in [-0.39, 0.29) is 56.3 Å². The number of morpholine rings is 2. The molecule has 3 N–H and O–H groups in total. The van der Waals surface area contributed by atoms with E-state index in [0.717, 1.165) is 30.3 Å². The molecule has 2 aliphatic heterocycles. The van der Waals surface area contributed by atoms with Crippen LogP contribution in [0.3, 0.4) is 0 Å². The van der Waals surface area contributed by atoms with E-state index in [1.807, 2.05) is 68.6 Å². The average molecular weight is 1190 g/mol. The summed E-state index contributed by atoms with van der Waals surface area (Å²) in [4.78, 5) is 59.5. The number of ether oxygens (including phenoxy) is 2. The third-order valence-corrected chi connectivity index (χ3v) is 13.4. The lowest BCUT2D eigenvalue weighted by atomic mass is 9.82. The molecule has 0 bridgehead atoms. The molecule has 2 aliphatic rings. The number of amides is 2. The van der Waals surface area contributed by atoms with Crippen molar-refractivity contribution in [3.05, 3.63) is 144 Å². The second-order valence-corrected chi connectivity index (χ2v) is 20.2. The number of nitrogens with zero attached hydrogens (tertiary/aromatic N) is 4. The Morgan fingerprint density at radius 1 is 0.605 bits per heavy atom. The fourth-order valence-electron chi connectivity index (χ4n) is 8.31. The van der Waals surface area contributed by atoms with E-state index in [1.165, 1.54) is 24.3 Å². The Morgan fingerprint density at radius 2 is 1.04 bits per heavy atom. The highest BCUT2D eigenvalue weighted by Gasteiger charge is 2.26. The van der Waals surface area contributed by atoms with Crippen molar-refractivity contribution in [1.29, 1.82) is 0 Å². The third kappa shape index (κ3) is 16.1. The van der Waals surface area contributed by atoms with Gasteiger partial charge in [-0.2, -0.15) is 0 Å². The summed E-state index contributed by atoms with van der Waals surface area (Å²) in [7, 11) is 9.37. The predicted octanol–water partition coefficient (Wildman–Crippen LogP) is 9.07.